The van der Waals surface area contributed by atoms with E-state index in [1.165, 1.54) is 18.5 Å². The van der Waals surface area contributed by atoms with Gasteiger partial charge in [-0.2, -0.15) is 0 Å². The van der Waals surface area contributed by atoms with Crippen LogP contribution in [0.2, 0.25) is 10.0 Å². The molecule has 0 atom stereocenters. The minimum atomic E-state index is 0.627. The maximum atomic E-state index is 6.20. The summed E-state index contributed by atoms with van der Waals surface area (Å²) >= 11 is 12.4. The largest absolute Gasteiger partial charge is 0.381 e. The van der Waals surface area contributed by atoms with Crippen LogP contribution in [0, 0.1) is 0 Å². The Morgan fingerprint density at radius 2 is 1.62 bits per heavy atom. The number of nitrogens with one attached hydrogen (secondary N) is 1. The fraction of sp³-hybridized carbons (Fsp3) is 0.294. The van der Waals surface area contributed by atoms with Gasteiger partial charge in [-0.15, -0.1) is 0 Å². The number of rotatable bonds is 4. The lowest BCUT2D eigenvalue weighted by molar-refractivity contribution is 0.949. The Morgan fingerprint density at radius 3 is 2.33 bits per heavy atom. The van der Waals surface area contributed by atoms with Crippen molar-refractivity contribution in [3.8, 4) is 0 Å². The van der Waals surface area contributed by atoms with Crippen LogP contribution < -0.4 is 10.2 Å². The molecular formula is C17H18Cl2N2. The van der Waals surface area contributed by atoms with E-state index in [9.17, 15) is 0 Å². The molecule has 0 saturated carbocycles. The van der Waals surface area contributed by atoms with Gasteiger partial charge in [0.15, 0.2) is 0 Å². The molecule has 0 spiro atoms. The Morgan fingerprint density at radius 1 is 0.952 bits per heavy atom. The summed E-state index contributed by atoms with van der Waals surface area (Å²) in [4.78, 5) is 2.42. The van der Waals surface area contributed by atoms with Gasteiger partial charge >= 0.3 is 0 Å². The van der Waals surface area contributed by atoms with E-state index in [0.717, 1.165) is 24.3 Å². The molecule has 1 N–H and O–H groups in total. The van der Waals surface area contributed by atoms with Crippen molar-refractivity contribution in [2.24, 2.45) is 0 Å². The molecule has 1 saturated heterocycles. The van der Waals surface area contributed by atoms with Crippen molar-refractivity contribution in [3.63, 3.8) is 0 Å². The summed E-state index contributed by atoms with van der Waals surface area (Å²) in [5.74, 6) is 0. The molecule has 0 aromatic heterocycles. The summed E-state index contributed by atoms with van der Waals surface area (Å²) in [5.41, 5.74) is 3.31. The Balaban J connectivity index is 1.72. The van der Waals surface area contributed by atoms with Crippen molar-refractivity contribution < 1.29 is 0 Å². The van der Waals surface area contributed by atoms with Gasteiger partial charge in [0.25, 0.3) is 0 Å². The fourth-order valence-electron chi connectivity index (χ4n) is 2.68. The molecule has 0 radical (unpaired) electrons. The first kappa shape index (κ1) is 14.6. The van der Waals surface area contributed by atoms with E-state index in [0.29, 0.717) is 16.6 Å². The lowest BCUT2D eigenvalue weighted by Crippen LogP contribution is -2.17. The van der Waals surface area contributed by atoms with Gasteiger partial charge in [0.05, 0.1) is 0 Å². The van der Waals surface area contributed by atoms with Crippen molar-refractivity contribution in [2.75, 3.05) is 23.3 Å². The number of nitrogens with zero attached hydrogens (tertiary/aromatic N) is 1. The first-order valence-corrected chi connectivity index (χ1v) is 8.01. The average molecular weight is 321 g/mol. The summed E-state index contributed by atoms with van der Waals surface area (Å²) in [6, 6.07) is 14.1. The van der Waals surface area contributed by atoms with Crippen LogP contribution in [-0.2, 0) is 6.54 Å². The molecule has 0 unspecified atom stereocenters. The number of anilines is 2. The molecule has 2 nitrogen and oxygen atoms in total. The van der Waals surface area contributed by atoms with E-state index in [4.69, 9.17) is 23.2 Å². The first-order valence-electron chi connectivity index (χ1n) is 7.26. The molecular weight excluding hydrogens is 303 g/mol. The van der Waals surface area contributed by atoms with Crippen molar-refractivity contribution in [3.05, 3.63) is 58.1 Å². The SMILES string of the molecule is Clc1cccc(Cl)c1CNc1cccc(N2CCCC2)c1. The quantitative estimate of drug-likeness (QED) is 0.832. The fourth-order valence-corrected chi connectivity index (χ4v) is 3.21. The highest BCUT2D eigenvalue weighted by Gasteiger charge is 2.12. The molecule has 2 aromatic rings. The third kappa shape index (κ3) is 3.45. The van der Waals surface area contributed by atoms with Crippen LogP contribution in [0.5, 0.6) is 0 Å². The van der Waals surface area contributed by atoms with Crippen LogP contribution in [0.4, 0.5) is 11.4 Å². The standard InChI is InChI=1S/C17H18Cl2N2/c18-16-7-4-8-17(19)15(16)12-20-13-5-3-6-14(11-13)21-9-1-2-10-21/h3-8,11,20H,1-2,9-10,12H2. The van der Waals surface area contributed by atoms with Crippen molar-refractivity contribution in [1.82, 2.24) is 0 Å². The highest BCUT2D eigenvalue weighted by atomic mass is 35.5. The normalized spacial score (nSPS) is 14.5. The molecule has 1 fully saturated rings. The van der Waals surface area contributed by atoms with Crippen molar-refractivity contribution in [1.29, 1.82) is 0 Å². The lowest BCUT2D eigenvalue weighted by Gasteiger charge is -2.19. The van der Waals surface area contributed by atoms with E-state index < -0.39 is 0 Å². The van der Waals surface area contributed by atoms with Crippen LogP contribution in [0.3, 0.4) is 0 Å². The molecule has 4 heteroatoms. The molecule has 2 aromatic carbocycles. The number of halogens is 2. The Bertz CT molecular complexity index is 602. The van der Waals surface area contributed by atoms with Crippen molar-refractivity contribution in [2.45, 2.75) is 19.4 Å². The maximum Gasteiger partial charge on any atom is 0.0470 e. The number of hydrogen-bond donors (Lipinski definition) is 1. The topological polar surface area (TPSA) is 15.3 Å². The van der Waals surface area contributed by atoms with Crippen LogP contribution in [0.15, 0.2) is 42.5 Å². The van der Waals surface area contributed by atoms with Crippen LogP contribution in [-0.4, -0.2) is 13.1 Å². The van der Waals surface area contributed by atoms with E-state index in [-0.39, 0.29) is 0 Å². The molecule has 0 amide bonds. The third-order valence-corrected chi connectivity index (χ3v) is 4.56. The van der Waals surface area contributed by atoms with E-state index in [2.05, 4.69) is 34.5 Å². The first-order chi connectivity index (χ1) is 10.2. The average Bonchev–Trinajstić information content (AvgIpc) is 3.01. The van der Waals surface area contributed by atoms with E-state index in [1.807, 2.05) is 18.2 Å². The maximum absolute atomic E-state index is 6.20. The predicted molar refractivity (Wildman–Crippen MR) is 91.7 cm³/mol. The van der Waals surface area contributed by atoms with Crippen LogP contribution in [0.1, 0.15) is 18.4 Å². The van der Waals surface area contributed by atoms with Gasteiger partial charge < -0.3 is 10.2 Å². The summed E-state index contributed by atoms with van der Waals surface area (Å²) in [5, 5.41) is 4.81. The zero-order valence-electron chi connectivity index (χ0n) is 11.8. The summed E-state index contributed by atoms with van der Waals surface area (Å²) in [6.07, 6.45) is 2.57. The molecule has 1 aliphatic rings. The summed E-state index contributed by atoms with van der Waals surface area (Å²) < 4.78 is 0. The second-order valence-electron chi connectivity index (χ2n) is 5.30. The Kier molecular flexibility index (Phi) is 4.57. The molecule has 110 valence electrons. The minimum absolute atomic E-state index is 0.627. The minimum Gasteiger partial charge on any atom is -0.381 e. The molecule has 0 bridgehead atoms. The van der Waals surface area contributed by atoms with Gasteiger partial charge in [-0.1, -0.05) is 35.3 Å². The van der Waals surface area contributed by atoms with E-state index >= 15 is 0 Å². The Hall–Kier alpha value is -1.38. The highest BCUT2D eigenvalue weighted by molar-refractivity contribution is 6.36. The lowest BCUT2D eigenvalue weighted by atomic mass is 10.2. The zero-order valence-corrected chi connectivity index (χ0v) is 13.3. The zero-order chi connectivity index (χ0) is 14.7. The van der Waals surface area contributed by atoms with Gasteiger partial charge in [0, 0.05) is 46.6 Å². The van der Waals surface area contributed by atoms with E-state index in [1.54, 1.807) is 0 Å². The van der Waals surface area contributed by atoms with Gasteiger partial charge in [-0.05, 0) is 43.2 Å². The number of hydrogen-bond acceptors (Lipinski definition) is 2. The second kappa shape index (κ2) is 6.59. The second-order valence-corrected chi connectivity index (χ2v) is 6.11. The molecule has 0 aliphatic carbocycles. The van der Waals surface area contributed by atoms with Gasteiger partial charge in [-0.25, -0.2) is 0 Å². The molecule has 21 heavy (non-hydrogen) atoms. The molecule has 1 heterocycles. The predicted octanol–water partition coefficient (Wildman–Crippen LogP) is 5.21. The van der Waals surface area contributed by atoms with Gasteiger partial charge in [-0.3, -0.25) is 0 Å². The Labute approximate surface area is 135 Å². The van der Waals surface area contributed by atoms with Gasteiger partial charge in [0.2, 0.25) is 0 Å². The van der Waals surface area contributed by atoms with Crippen molar-refractivity contribution >= 4 is 34.6 Å². The molecule has 3 rings (SSSR count). The van der Waals surface area contributed by atoms with Gasteiger partial charge in [0.1, 0.15) is 0 Å². The highest BCUT2D eigenvalue weighted by Crippen LogP contribution is 2.27. The smallest absolute Gasteiger partial charge is 0.0470 e. The summed E-state index contributed by atoms with van der Waals surface area (Å²) in [6.45, 7) is 2.93. The number of benzene rings is 2. The summed E-state index contributed by atoms with van der Waals surface area (Å²) in [7, 11) is 0. The molecule has 1 aliphatic heterocycles. The van der Waals surface area contributed by atoms with Crippen LogP contribution >= 0.6 is 23.2 Å². The van der Waals surface area contributed by atoms with Crippen LogP contribution in [0.25, 0.3) is 0 Å². The monoisotopic (exact) mass is 320 g/mol. The third-order valence-electron chi connectivity index (χ3n) is 3.85.